The standard InChI is InChI=1S/C15H23NS/c1-4-12-6-8-13(9-7-12)14(16-3)15(2)10-5-11-17-15/h6-9,14,16H,4-5,10-11H2,1-3H3. The molecule has 2 unspecified atom stereocenters. The van der Waals surface area contributed by atoms with Crippen molar-refractivity contribution in [2.45, 2.75) is 43.9 Å². The first kappa shape index (κ1) is 13.0. The van der Waals surface area contributed by atoms with Gasteiger partial charge < -0.3 is 5.32 Å². The lowest BCUT2D eigenvalue weighted by Crippen LogP contribution is -2.35. The van der Waals surface area contributed by atoms with E-state index >= 15 is 0 Å². The summed E-state index contributed by atoms with van der Waals surface area (Å²) in [4.78, 5) is 0. The zero-order valence-electron chi connectivity index (χ0n) is 11.1. The second-order valence-electron chi connectivity index (χ2n) is 5.08. The van der Waals surface area contributed by atoms with Crippen molar-refractivity contribution in [1.82, 2.24) is 5.32 Å². The number of nitrogens with one attached hydrogen (secondary N) is 1. The van der Waals surface area contributed by atoms with Gasteiger partial charge in [-0.05, 0) is 50.1 Å². The number of benzene rings is 1. The first-order valence-electron chi connectivity index (χ1n) is 6.59. The van der Waals surface area contributed by atoms with E-state index in [0.29, 0.717) is 10.8 Å². The van der Waals surface area contributed by atoms with Gasteiger partial charge in [0.15, 0.2) is 0 Å². The fourth-order valence-corrected chi connectivity index (χ4v) is 4.26. The van der Waals surface area contributed by atoms with Crippen molar-refractivity contribution in [2.75, 3.05) is 12.8 Å². The molecule has 1 nitrogen and oxygen atoms in total. The molecule has 2 heteroatoms. The SMILES string of the molecule is CCc1ccc(C(NC)C2(C)CCCS2)cc1. The molecule has 2 rings (SSSR count). The Morgan fingerprint density at radius 1 is 1.35 bits per heavy atom. The molecule has 1 aromatic carbocycles. The molecule has 1 aliphatic heterocycles. The van der Waals surface area contributed by atoms with Crippen molar-refractivity contribution in [3.8, 4) is 0 Å². The Hall–Kier alpha value is -0.470. The van der Waals surface area contributed by atoms with Crippen molar-refractivity contribution in [1.29, 1.82) is 0 Å². The van der Waals surface area contributed by atoms with Gasteiger partial charge in [0, 0.05) is 10.8 Å². The van der Waals surface area contributed by atoms with Gasteiger partial charge in [0.25, 0.3) is 0 Å². The minimum absolute atomic E-state index is 0.364. The third kappa shape index (κ3) is 2.69. The third-order valence-electron chi connectivity index (χ3n) is 3.87. The molecule has 0 spiro atoms. The summed E-state index contributed by atoms with van der Waals surface area (Å²) in [6.07, 6.45) is 3.79. The maximum Gasteiger partial charge on any atom is 0.0464 e. The van der Waals surface area contributed by atoms with Gasteiger partial charge in [-0.25, -0.2) is 0 Å². The lowest BCUT2D eigenvalue weighted by Gasteiger charge is -2.33. The summed E-state index contributed by atoms with van der Waals surface area (Å²) in [6, 6.07) is 9.60. The topological polar surface area (TPSA) is 12.0 Å². The molecule has 1 aromatic rings. The number of hydrogen-bond donors (Lipinski definition) is 1. The van der Waals surface area contributed by atoms with Crippen LogP contribution in [0.1, 0.15) is 43.9 Å². The molecule has 0 aliphatic carbocycles. The zero-order valence-corrected chi connectivity index (χ0v) is 11.9. The van der Waals surface area contributed by atoms with Crippen molar-refractivity contribution in [3.05, 3.63) is 35.4 Å². The van der Waals surface area contributed by atoms with E-state index in [1.165, 1.54) is 29.7 Å². The molecule has 0 bridgehead atoms. The van der Waals surface area contributed by atoms with Crippen molar-refractivity contribution < 1.29 is 0 Å². The molecule has 1 fully saturated rings. The summed E-state index contributed by atoms with van der Waals surface area (Å²) in [5, 5.41) is 3.52. The highest BCUT2D eigenvalue weighted by Crippen LogP contribution is 2.46. The molecule has 1 saturated heterocycles. The number of hydrogen-bond acceptors (Lipinski definition) is 2. The minimum Gasteiger partial charge on any atom is -0.312 e. The largest absolute Gasteiger partial charge is 0.312 e. The van der Waals surface area contributed by atoms with Crippen molar-refractivity contribution in [3.63, 3.8) is 0 Å². The molecule has 0 amide bonds. The second kappa shape index (κ2) is 5.45. The number of aryl methyl sites for hydroxylation is 1. The maximum atomic E-state index is 3.52. The van der Waals surface area contributed by atoms with E-state index in [4.69, 9.17) is 0 Å². The highest BCUT2D eigenvalue weighted by Gasteiger charge is 2.37. The molecule has 0 saturated carbocycles. The summed E-state index contributed by atoms with van der Waals surface area (Å²) >= 11 is 2.12. The van der Waals surface area contributed by atoms with Gasteiger partial charge in [0.1, 0.15) is 0 Å². The maximum absolute atomic E-state index is 3.52. The van der Waals surface area contributed by atoms with Gasteiger partial charge in [-0.15, -0.1) is 0 Å². The predicted molar refractivity (Wildman–Crippen MR) is 77.7 cm³/mol. The molecular formula is C15H23NS. The highest BCUT2D eigenvalue weighted by molar-refractivity contribution is 8.00. The van der Waals surface area contributed by atoms with Crippen LogP contribution in [0.15, 0.2) is 24.3 Å². The lowest BCUT2D eigenvalue weighted by molar-refractivity contribution is 0.440. The Balaban J connectivity index is 2.22. The number of thioether (sulfide) groups is 1. The summed E-state index contributed by atoms with van der Waals surface area (Å²) in [5.74, 6) is 1.31. The Morgan fingerprint density at radius 3 is 2.53 bits per heavy atom. The van der Waals surface area contributed by atoms with E-state index in [0.717, 1.165) is 6.42 Å². The lowest BCUT2D eigenvalue weighted by atomic mass is 9.90. The van der Waals surface area contributed by atoms with Crippen LogP contribution in [0, 0.1) is 0 Å². The monoisotopic (exact) mass is 249 g/mol. The minimum atomic E-state index is 0.364. The van der Waals surface area contributed by atoms with Crippen molar-refractivity contribution >= 4 is 11.8 Å². The van der Waals surface area contributed by atoms with E-state index in [2.05, 4.69) is 62.2 Å². The molecular weight excluding hydrogens is 226 g/mol. The average molecular weight is 249 g/mol. The van der Waals surface area contributed by atoms with Crippen LogP contribution in [-0.2, 0) is 6.42 Å². The van der Waals surface area contributed by atoms with Gasteiger partial charge in [-0.2, -0.15) is 11.8 Å². The van der Waals surface area contributed by atoms with Gasteiger partial charge in [-0.1, -0.05) is 31.2 Å². The normalized spacial score (nSPS) is 26.1. The van der Waals surface area contributed by atoms with Gasteiger partial charge in [0.2, 0.25) is 0 Å². The summed E-state index contributed by atoms with van der Waals surface area (Å²) < 4.78 is 0.364. The molecule has 0 radical (unpaired) electrons. The molecule has 1 heterocycles. The van der Waals surface area contributed by atoms with E-state index < -0.39 is 0 Å². The van der Waals surface area contributed by atoms with Gasteiger partial charge >= 0.3 is 0 Å². The third-order valence-corrected chi connectivity index (χ3v) is 5.46. The van der Waals surface area contributed by atoms with Crippen LogP contribution < -0.4 is 5.32 Å². The Bertz CT molecular complexity index is 352. The predicted octanol–water partition coefficient (Wildman–Crippen LogP) is 3.80. The Kier molecular flexibility index (Phi) is 4.16. The summed E-state index contributed by atoms with van der Waals surface area (Å²) in [7, 11) is 2.09. The molecule has 1 N–H and O–H groups in total. The first-order valence-corrected chi connectivity index (χ1v) is 7.58. The molecule has 94 valence electrons. The van der Waals surface area contributed by atoms with E-state index in [-0.39, 0.29) is 0 Å². The molecule has 0 aromatic heterocycles. The van der Waals surface area contributed by atoms with Crippen LogP contribution in [0.5, 0.6) is 0 Å². The van der Waals surface area contributed by atoms with Crippen LogP contribution in [0.2, 0.25) is 0 Å². The Labute approximate surface area is 109 Å². The molecule has 17 heavy (non-hydrogen) atoms. The summed E-state index contributed by atoms with van der Waals surface area (Å²) in [5.41, 5.74) is 2.86. The van der Waals surface area contributed by atoms with Crippen molar-refractivity contribution in [2.24, 2.45) is 0 Å². The van der Waals surface area contributed by atoms with E-state index in [1.807, 2.05) is 0 Å². The molecule has 1 aliphatic rings. The van der Waals surface area contributed by atoms with Crippen LogP contribution in [0.3, 0.4) is 0 Å². The fraction of sp³-hybridized carbons (Fsp3) is 0.600. The van der Waals surface area contributed by atoms with Crippen LogP contribution >= 0.6 is 11.8 Å². The van der Waals surface area contributed by atoms with Crippen LogP contribution in [0.25, 0.3) is 0 Å². The highest BCUT2D eigenvalue weighted by atomic mass is 32.2. The molecule has 2 atom stereocenters. The zero-order chi connectivity index (χ0) is 12.3. The van der Waals surface area contributed by atoms with Gasteiger partial charge in [0.05, 0.1) is 0 Å². The van der Waals surface area contributed by atoms with Gasteiger partial charge in [-0.3, -0.25) is 0 Å². The summed E-state index contributed by atoms with van der Waals surface area (Å²) in [6.45, 7) is 4.61. The van der Waals surface area contributed by atoms with E-state index in [1.54, 1.807) is 0 Å². The average Bonchev–Trinajstić information content (AvgIpc) is 2.78. The fourth-order valence-electron chi connectivity index (χ4n) is 2.80. The number of rotatable bonds is 4. The second-order valence-corrected chi connectivity index (χ2v) is 6.71. The smallest absolute Gasteiger partial charge is 0.0464 e. The van der Waals surface area contributed by atoms with Crippen LogP contribution in [-0.4, -0.2) is 17.5 Å². The quantitative estimate of drug-likeness (QED) is 0.871. The Morgan fingerprint density at radius 2 is 2.06 bits per heavy atom. The first-order chi connectivity index (χ1) is 8.19. The van der Waals surface area contributed by atoms with E-state index in [9.17, 15) is 0 Å². The van der Waals surface area contributed by atoms with Crippen LogP contribution in [0.4, 0.5) is 0 Å².